The highest BCUT2D eigenvalue weighted by Crippen LogP contribution is 2.25. The number of aryl methyl sites for hydroxylation is 1. The summed E-state index contributed by atoms with van der Waals surface area (Å²) in [7, 11) is 0. The van der Waals surface area contributed by atoms with Crippen LogP contribution in [-0.4, -0.2) is 25.5 Å². The van der Waals surface area contributed by atoms with Gasteiger partial charge in [0.25, 0.3) is 11.6 Å². The Bertz CT molecular complexity index is 754. The molecule has 1 heterocycles. The molecule has 0 saturated heterocycles. The summed E-state index contributed by atoms with van der Waals surface area (Å²) >= 11 is 0. The van der Waals surface area contributed by atoms with Crippen LogP contribution >= 0.6 is 0 Å². The number of para-hydroxylation sites is 2. The molecule has 1 N–H and O–H groups in total. The van der Waals surface area contributed by atoms with E-state index in [1.54, 1.807) is 6.92 Å². The first-order chi connectivity index (χ1) is 10.5. The minimum absolute atomic E-state index is 0.0457. The number of anilines is 1. The number of aromatic nitrogens is 2. The van der Waals surface area contributed by atoms with Crippen LogP contribution in [0.15, 0.2) is 30.5 Å². The highest BCUT2D eigenvalue weighted by molar-refractivity contribution is 6.06. The van der Waals surface area contributed by atoms with Crippen molar-refractivity contribution in [2.75, 3.05) is 5.32 Å². The summed E-state index contributed by atoms with van der Waals surface area (Å²) in [6.45, 7) is 1.91. The predicted molar refractivity (Wildman–Crippen MR) is 75.6 cm³/mol. The quantitative estimate of drug-likeness (QED) is 0.663. The first-order valence-corrected chi connectivity index (χ1v) is 6.20. The van der Waals surface area contributed by atoms with Crippen LogP contribution < -0.4 is 5.32 Å². The summed E-state index contributed by atoms with van der Waals surface area (Å²) in [6.07, 6.45) is 0.970. The van der Waals surface area contributed by atoms with Crippen LogP contribution in [0.4, 0.5) is 17.1 Å². The lowest BCUT2D eigenvalue weighted by atomic mass is 10.2. The molecular weight excluding hydrogens is 294 g/mol. The molecule has 114 valence electrons. The number of nitrogens with one attached hydrogen (secondary N) is 1. The van der Waals surface area contributed by atoms with E-state index in [1.807, 2.05) is 0 Å². The minimum Gasteiger partial charge on any atom is -0.315 e. The largest absolute Gasteiger partial charge is 0.320 e. The zero-order chi connectivity index (χ0) is 16.3. The molecule has 22 heavy (non-hydrogen) atoms. The highest BCUT2D eigenvalue weighted by Gasteiger charge is 2.27. The van der Waals surface area contributed by atoms with Crippen LogP contribution in [0.25, 0.3) is 0 Å². The van der Waals surface area contributed by atoms with Crippen LogP contribution in [-0.2, 0) is 6.54 Å². The lowest BCUT2D eigenvalue weighted by Gasteiger charge is -2.06. The summed E-state index contributed by atoms with van der Waals surface area (Å²) in [6, 6.07) is 5.52. The number of carbonyl (C=O) groups excluding carboxylic acids is 1. The second-order valence-electron chi connectivity index (χ2n) is 4.18. The predicted octanol–water partition coefficient (Wildman–Crippen LogP) is 1.97. The van der Waals surface area contributed by atoms with Crippen molar-refractivity contribution in [1.82, 2.24) is 9.78 Å². The highest BCUT2D eigenvalue weighted by atomic mass is 16.6. The van der Waals surface area contributed by atoms with E-state index in [0.29, 0.717) is 0 Å². The molecule has 1 aromatic carbocycles. The number of nitrogens with zero attached hydrogens (tertiary/aromatic N) is 4. The van der Waals surface area contributed by atoms with E-state index < -0.39 is 21.4 Å². The summed E-state index contributed by atoms with van der Waals surface area (Å²) in [5, 5.41) is 27.9. The molecule has 10 heteroatoms. The van der Waals surface area contributed by atoms with Crippen LogP contribution in [0.2, 0.25) is 0 Å². The van der Waals surface area contributed by atoms with Crippen molar-refractivity contribution in [3.05, 3.63) is 56.4 Å². The molecule has 0 aliphatic carbocycles. The Morgan fingerprint density at radius 1 is 1.23 bits per heavy atom. The first-order valence-electron chi connectivity index (χ1n) is 6.20. The Balaban J connectivity index is 2.40. The average molecular weight is 305 g/mol. The van der Waals surface area contributed by atoms with Gasteiger partial charge in [-0.25, -0.2) is 0 Å². The number of amides is 1. The van der Waals surface area contributed by atoms with Crippen LogP contribution in [0.3, 0.4) is 0 Å². The standard InChI is InChI=1S/C12H11N5O5/c1-2-15-11(10(7-13-15)17(21)22)12(18)14-8-5-3-4-6-9(8)16(19)20/h3-7H,2H2,1H3,(H,14,18). The van der Waals surface area contributed by atoms with Crippen LogP contribution in [0.1, 0.15) is 17.4 Å². The third-order valence-corrected chi connectivity index (χ3v) is 2.88. The zero-order valence-corrected chi connectivity index (χ0v) is 11.4. The molecule has 0 saturated carbocycles. The molecule has 0 aliphatic heterocycles. The number of benzene rings is 1. The number of nitro groups is 2. The molecule has 0 unspecified atom stereocenters. The van der Waals surface area contributed by atoms with E-state index in [1.165, 1.54) is 24.3 Å². The van der Waals surface area contributed by atoms with Gasteiger partial charge in [-0.3, -0.25) is 29.7 Å². The normalized spacial score (nSPS) is 10.2. The Morgan fingerprint density at radius 2 is 1.86 bits per heavy atom. The van der Waals surface area contributed by atoms with Crippen molar-refractivity contribution in [1.29, 1.82) is 0 Å². The molecule has 1 aromatic heterocycles. The van der Waals surface area contributed by atoms with Gasteiger partial charge in [-0.1, -0.05) is 12.1 Å². The monoisotopic (exact) mass is 305 g/mol. The maximum Gasteiger partial charge on any atom is 0.320 e. The van der Waals surface area contributed by atoms with Crippen LogP contribution in [0, 0.1) is 20.2 Å². The molecule has 0 atom stereocenters. The van der Waals surface area contributed by atoms with Gasteiger partial charge < -0.3 is 5.32 Å². The molecule has 2 aromatic rings. The van der Waals surface area contributed by atoms with Crippen molar-refractivity contribution >= 4 is 23.0 Å². The molecule has 0 aliphatic rings. The molecular formula is C12H11N5O5. The number of nitro benzene ring substituents is 1. The maximum atomic E-state index is 12.3. The molecule has 1 amide bonds. The van der Waals surface area contributed by atoms with Gasteiger partial charge in [0.15, 0.2) is 0 Å². The van der Waals surface area contributed by atoms with E-state index in [0.717, 1.165) is 10.9 Å². The number of hydrogen-bond acceptors (Lipinski definition) is 6. The van der Waals surface area contributed by atoms with Crippen LogP contribution in [0.5, 0.6) is 0 Å². The van der Waals surface area contributed by atoms with E-state index in [2.05, 4.69) is 10.4 Å². The molecule has 0 spiro atoms. The second kappa shape index (κ2) is 5.99. The SMILES string of the molecule is CCn1ncc([N+](=O)[O-])c1C(=O)Nc1ccccc1[N+](=O)[O-]. The van der Waals surface area contributed by atoms with Gasteiger partial charge in [-0.05, 0) is 13.0 Å². The van der Waals surface area contributed by atoms with Gasteiger partial charge in [0.2, 0.25) is 5.69 Å². The topological polar surface area (TPSA) is 133 Å². The Hall–Kier alpha value is -3.30. The summed E-state index contributed by atoms with van der Waals surface area (Å²) in [5.41, 5.74) is -1.07. The molecule has 10 nitrogen and oxygen atoms in total. The molecule has 0 radical (unpaired) electrons. The maximum absolute atomic E-state index is 12.3. The lowest BCUT2D eigenvalue weighted by Crippen LogP contribution is -2.19. The molecule has 0 fully saturated rings. The van der Waals surface area contributed by atoms with Gasteiger partial charge in [0, 0.05) is 12.6 Å². The van der Waals surface area contributed by atoms with E-state index >= 15 is 0 Å². The van der Waals surface area contributed by atoms with Gasteiger partial charge >= 0.3 is 5.69 Å². The Labute approximate surface area is 123 Å². The smallest absolute Gasteiger partial charge is 0.315 e. The van der Waals surface area contributed by atoms with Crippen molar-refractivity contribution in [2.24, 2.45) is 0 Å². The Kier molecular flexibility index (Phi) is 4.11. The fourth-order valence-electron chi connectivity index (χ4n) is 1.90. The summed E-state index contributed by atoms with van der Waals surface area (Å²) < 4.78 is 1.15. The fraction of sp³-hybridized carbons (Fsp3) is 0.167. The summed E-state index contributed by atoms with van der Waals surface area (Å²) in [5.74, 6) is -0.833. The third kappa shape index (κ3) is 2.75. The van der Waals surface area contributed by atoms with E-state index in [4.69, 9.17) is 0 Å². The lowest BCUT2D eigenvalue weighted by molar-refractivity contribution is -0.385. The van der Waals surface area contributed by atoms with Crippen molar-refractivity contribution in [3.8, 4) is 0 Å². The molecule has 2 rings (SSSR count). The first kappa shape index (κ1) is 15.1. The average Bonchev–Trinajstić information content (AvgIpc) is 2.91. The zero-order valence-electron chi connectivity index (χ0n) is 11.4. The molecule has 0 bridgehead atoms. The van der Waals surface area contributed by atoms with E-state index in [9.17, 15) is 25.0 Å². The fourth-order valence-corrected chi connectivity index (χ4v) is 1.90. The minimum atomic E-state index is -0.833. The number of rotatable bonds is 5. The number of carbonyl (C=O) groups is 1. The summed E-state index contributed by atoms with van der Waals surface area (Å²) in [4.78, 5) is 32.7. The Morgan fingerprint density at radius 3 is 2.45 bits per heavy atom. The number of hydrogen-bond donors (Lipinski definition) is 1. The van der Waals surface area contributed by atoms with E-state index in [-0.39, 0.29) is 23.6 Å². The van der Waals surface area contributed by atoms with Crippen molar-refractivity contribution < 1.29 is 14.6 Å². The van der Waals surface area contributed by atoms with Gasteiger partial charge in [-0.2, -0.15) is 5.10 Å². The van der Waals surface area contributed by atoms with Gasteiger partial charge in [0.05, 0.1) is 9.85 Å². The van der Waals surface area contributed by atoms with Crippen molar-refractivity contribution in [3.63, 3.8) is 0 Å². The third-order valence-electron chi connectivity index (χ3n) is 2.88. The van der Waals surface area contributed by atoms with Crippen molar-refractivity contribution in [2.45, 2.75) is 13.5 Å². The van der Waals surface area contributed by atoms with Gasteiger partial charge in [-0.15, -0.1) is 0 Å². The second-order valence-corrected chi connectivity index (χ2v) is 4.18. The van der Waals surface area contributed by atoms with Gasteiger partial charge in [0.1, 0.15) is 11.9 Å².